The minimum Gasteiger partial charge on any atom is -0.294 e. The van der Waals surface area contributed by atoms with Gasteiger partial charge in [-0.15, -0.1) is 0 Å². The number of hydrogen-bond donors (Lipinski definition) is 0. The molecular formula is C24H40O. The van der Waals surface area contributed by atoms with Crippen LogP contribution in [-0.2, 0) is 6.42 Å². The van der Waals surface area contributed by atoms with E-state index in [0.717, 1.165) is 18.4 Å². The summed E-state index contributed by atoms with van der Waals surface area (Å²) in [6, 6.07) is 8.14. The topological polar surface area (TPSA) is 17.1 Å². The van der Waals surface area contributed by atoms with Crippen molar-refractivity contribution < 1.29 is 4.79 Å². The summed E-state index contributed by atoms with van der Waals surface area (Å²) in [6.45, 7) is 4.42. The summed E-state index contributed by atoms with van der Waals surface area (Å²) >= 11 is 0. The van der Waals surface area contributed by atoms with E-state index in [0.29, 0.717) is 12.2 Å². The van der Waals surface area contributed by atoms with Gasteiger partial charge in [-0.25, -0.2) is 0 Å². The van der Waals surface area contributed by atoms with Gasteiger partial charge in [-0.3, -0.25) is 4.79 Å². The highest BCUT2D eigenvalue weighted by Gasteiger charge is 2.05. The van der Waals surface area contributed by atoms with E-state index in [-0.39, 0.29) is 0 Å². The van der Waals surface area contributed by atoms with Gasteiger partial charge in [-0.05, 0) is 18.4 Å². The Morgan fingerprint density at radius 2 is 1.08 bits per heavy atom. The quantitative estimate of drug-likeness (QED) is 0.220. The van der Waals surface area contributed by atoms with Crippen LogP contribution in [0.1, 0.15) is 120 Å². The van der Waals surface area contributed by atoms with Crippen LogP contribution >= 0.6 is 0 Å². The first-order valence-electron chi connectivity index (χ1n) is 10.9. The molecule has 25 heavy (non-hydrogen) atoms. The Kier molecular flexibility index (Phi) is 13.3. The van der Waals surface area contributed by atoms with Crippen LogP contribution in [0.25, 0.3) is 0 Å². The molecule has 1 nitrogen and oxygen atoms in total. The van der Waals surface area contributed by atoms with E-state index in [4.69, 9.17) is 0 Å². The zero-order chi connectivity index (χ0) is 18.2. The van der Waals surface area contributed by atoms with Crippen molar-refractivity contribution in [3.05, 3.63) is 35.4 Å². The number of carbonyl (C=O) groups excluding carboxylic acids is 1. The zero-order valence-electron chi connectivity index (χ0n) is 16.8. The summed E-state index contributed by atoms with van der Waals surface area (Å²) in [7, 11) is 0. The molecule has 0 unspecified atom stereocenters. The van der Waals surface area contributed by atoms with Gasteiger partial charge >= 0.3 is 0 Å². The number of hydrogen-bond acceptors (Lipinski definition) is 1. The first-order chi connectivity index (χ1) is 12.3. The van der Waals surface area contributed by atoms with Crippen molar-refractivity contribution in [2.45, 2.75) is 110 Å². The van der Waals surface area contributed by atoms with E-state index in [9.17, 15) is 4.79 Å². The molecule has 0 heterocycles. The largest absolute Gasteiger partial charge is 0.294 e. The van der Waals surface area contributed by atoms with Crippen LogP contribution in [0, 0.1) is 0 Å². The van der Waals surface area contributed by atoms with Gasteiger partial charge in [0.1, 0.15) is 0 Å². The second kappa shape index (κ2) is 15.2. The summed E-state index contributed by atoms with van der Waals surface area (Å²) < 4.78 is 0. The van der Waals surface area contributed by atoms with E-state index in [1.807, 2.05) is 12.1 Å². The minimum absolute atomic E-state index is 0.311. The van der Waals surface area contributed by atoms with Crippen LogP contribution in [0.2, 0.25) is 0 Å². The van der Waals surface area contributed by atoms with Crippen LogP contribution < -0.4 is 0 Å². The number of unbranched alkanes of at least 4 members (excludes halogenated alkanes) is 12. The summed E-state index contributed by atoms with van der Waals surface area (Å²) in [5, 5.41) is 0. The maximum Gasteiger partial charge on any atom is 0.162 e. The summed E-state index contributed by atoms with van der Waals surface area (Å²) in [5.41, 5.74) is 2.19. The normalized spacial score (nSPS) is 11.0. The van der Waals surface area contributed by atoms with Crippen LogP contribution in [-0.4, -0.2) is 5.78 Å². The Morgan fingerprint density at radius 3 is 1.52 bits per heavy atom. The minimum atomic E-state index is 0.311. The Bertz CT molecular complexity index is 432. The average Bonchev–Trinajstić information content (AvgIpc) is 2.65. The third-order valence-electron chi connectivity index (χ3n) is 5.19. The molecule has 0 saturated heterocycles. The number of carbonyl (C=O) groups is 1. The lowest BCUT2D eigenvalue weighted by atomic mass is 10.0. The van der Waals surface area contributed by atoms with Crippen LogP contribution in [0.3, 0.4) is 0 Å². The lowest BCUT2D eigenvalue weighted by Crippen LogP contribution is -1.99. The molecular weight excluding hydrogens is 304 g/mol. The van der Waals surface area contributed by atoms with E-state index < -0.39 is 0 Å². The van der Waals surface area contributed by atoms with Crippen LogP contribution in [0.15, 0.2) is 24.3 Å². The van der Waals surface area contributed by atoms with Gasteiger partial charge in [0.05, 0.1) is 0 Å². The number of Topliss-reactive ketones (excluding diaryl/α,β-unsaturated/α-hetero) is 1. The number of aryl methyl sites for hydroxylation is 1. The lowest BCUT2D eigenvalue weighted by molar-refractivity contribution is 0.0979. The monoisotopic (exact) mass is 344 g/mol. The van der Waals surface area contributed by atoms with E-state index in [1.165, 1.54) is 82.6 Å². The summed E-state index contributed by atoms with van der Waals surface area (Å²) in [4.78, 5) is 12.1. The smallest absolute Gasteiger partial charge is 0.162 e. The van der Waals surface area contributed by atoms with Crippen molar-refractivity contribution in [3.8, 4) is 0 Å². The van der Waals surface area contributed by atoms with Gasteiger partial charge in [-0.2, -0.15) is 0 Å². The number of rotatable bonds is 16. The maximum atomic E-state index is 12.1. The maximum absolute atomic E-state index is 12.1. The van der Waals surface area contributed by atoms with Crippen LogP contribution in [0.5, 0.6) is 0 Å². The Hall–Kier alpha value is -1.11. The molecule has 0 fully saturated rings. The third-order valence-corrected chi connectivity index (χ3v) is 5.19. The molecule has 0 spiro atoms. The van der Waals surface area contributed by atoms with Gasteiger partial charge in [-0.1, -0.05) is 115 Å². The number of ketones is 1. The van der Waals surface area contributed by atoms with E-state index in [2.05, 4.69) is 26.0 Å². The molecule has 1 heteroatoms. The molecule has 0 aliphatic carbocycles. The lowest BCUT2D eigenvalue weighted by Gasteiger charge is -2.04. The highest BCUT2D eigenvalue weighted by Crippen LogP contribution is 2.14. The Balaban J connectivity index is 1.90. The van der Waals surface area contributed by atoms with Gasteiger partial charge in [0, 0.05) is 12.0 Å². The molecule has 0 aliphatic heterocycles. The van der Waals surface area contributed by atoms with Crippen molar-refractivity contribution in [2.75, 3.05) is 0 Å². The molecule has 0 N–H and O–H groups in total. The van der Waals surface area contributed by atoms with Gasteiger partial charge in [0.25, 0.3) is 0 Å². The molecule has 0 bridgehead atoms. The van der Waals surface area contributed by atoms with Gasteiger partial charge in [0.2, 0.25) is 0 Å². The molecule has 1 aromatic rings. The molecule has 0 atom stereocenters. The molecule has 0 aliphatic rings. The van der Waals surface area contributed by atoms with Crippen molar-refractivity contribution in [1.29, 1.82) is 0 Å². The second-order valence-corrected chi connectivity index (χ2v) is 7.47. The highest BCUT2D eigenvalue weighted by molar-refractivity contribution is 5.96. The van der Waals surface area contributed by atoms with E-state index >= 15 is 0 Å². The van der Waals surface area contributed by atoms with E-state index in [1.54, 1.807) is 0 Å². The summed E-state index contributed by atoms with van der Waals surface area (Å²) in [5.74, 6) is 0.311. The first-order valence-corrected chi connectivity index (χ1v) is 10.9. The molecule has 0 aromatic heterocycles. The summed E-state index contributed by atoms with van der Waals surface area (Å²) in [6.07, 6.45) is 19.3. The number of benzene rings is 1. The van der Waals surface area contributed by atoms with Crippen molar-refractivity contribution in [1.82, 2.24) is 0 Å². The molecule has 142 valence electrons. The fourth-order valence-corrected chi connectivity index (χ4v) is 3.37. The van der Waals surface area contributed by atoms with Crippen molar-refractivity contribution >= 4 is 5.78 Å². The second-order valence-electron chi connectivity index (χ2n) is 7.47. The zero-order valence-corrected chi connectivity index (χ0v) is 16.8. The predicted octanol–water partition coefficient (Wildman–Crippen LogP) is 7.91. The van der Waals surface area contributed by atoms with Crippen molar-refractivity contribution in [2.24, 2.45) is 0 Å². The third kappa shape index (κ3) is 11.2. The molecule has 0 amide bonds. The Morgan fingerprint density at radius 1 is 0.640 bits per heavy atom. The highest BCUT2D eigenvalue weighted by atomic mass is 16.1. The molecule has 0 radical (unpaired) electrons. The van der Waals surface area contributed by atoms with Gasteiger partial charge in [0.15, 0.2) is 5.78 Å². The first kappa shape index (κ1) is 21.9. The van der Waals surface area contributed by atoms with Crippen molar-refractivity contribution in [3.63, 3.8) is 0 Å². The molecule has 1 aromatic carbocycles. The van der Waals surface area contributed by atoms with Crippen LogP contribution in [0.4, 0.5) is 0 Å². The standard InChI is InChI=1S/C24H40O/c1-3-5-6-7-8-9-10-11-12-13-14-15-16-17-24(25)23-20-18-22(4-2)19-21-23/h18-21H,3-17H2,1-2H3. The Labute approximate surface area is 156 Å². The SMILES string of the molecule is CCCCCCCCCCCCCCCC(=O)c1ccc(CC)cc1. The molecule has 0 saturated carbocycles. The fourth-order valence-electron chi connectivity index (χ4n) is 3.37. The fraction of sp³-hybridized carbons (Fsp3) is 0.708. The average molecular weight is 345 g/mol. The molecule has 1 rings (SSSR count). The van der Waals surface area contributed by atoms with Gasteiger partial charge < -0.3 is 0 Å². The predicted molar refractivity (Wildman–Crippen MR) is 110 cm³/mol.